The van der Waals surface area contributed by atoms with Crippen molar-refractivity contribution < 1.29 is 9.59 Å². The Balaban J connectivity index is 1.34. The lowest BCUT2D eigenvalue weighted by molar-refractivity contribution is -0.145. The van der Waals surface area contributed by atoms with E-state index in [0.717, 1.165) is 53.5 Å². The van der Waals surface area contributed by atoms with Gasteiger partial charge in [0, 0.05) is 31.7 Å². The number of aryl methyl sites for hydroxylation is 1. The highest BCUT2D eigenvalue weighted by Crippen LogP contribution is 2.42. The van der Waals surface area contributed by atoms with E-state index in [-0.39, 0.29) is 11.3 Å². The van der Waals surface area contributed by atoms with Crippen LogP contribution in [0.15, 0.2) is 18.2 Å². The molecule has 1 saturated carbocycles. The first-order valence-electron chi connectivity index (χ1n) is 10.00. The Morgan fingerprint density at radius 1 is 1.30 bits per heavy atom. The molecular weight excluding hydrogens is 358 g/mol. The van der Waals surface area contributed by atoms with Crippen LogP contribution in [-0.2, 0) is 4.79 Å². The molecule has 27 heavy (non-hydrogen) atoms. The smallest absolute Gasteiger partial charge is 0.253 e. The van der Waals surface area contributed by atoms with E-state index >= 15 is 0 Å². The fourth-order valence-electron chi connectivity index (χ4n) is 4.72. The van der Waals surface area contributed by atoms with Gasteiger partial charge in [0.25, 0.3) is 5.91 Å². The van der Waals surface area contributed by atoms with Crippen LogP contribution in [-0.4, -0.2) is 52.8 Å². The van der Waals surface area contributed by atoms with E-state index in [2.05, 4.69) is 9.88 Å². The summed E-state index contributed by atoms with van der Waals surface area (Å²) < 4.78 is 1.05. The summed E-state index contributed by atoms with van der Waals surface area (Å²) in [7, 11) is 0. The molecule has 5 rings (SSSR count). The summed E-state index contributed by atoms with van der Waals surface area (Å²) >= 11 is 1.62. The second-order valence-corrected chi connectivity index (χ2v) is 9.71. The molecule has 3 aliphatic rings. The Labute approximate surface area is 163 Å². The maximum absolute atomic E-state index is 13.2. The number of rotatable bonds is 3. The second kappa shape index (κ2) is 6.30. The van der Waals surface area contributed by atoms with Crippen molar-refractivity contribution in [3.05, 3.63) is 28.8 Å². The van der Waals surface area contributed by atoms with Gasteiger partial charge in [-0.15, -0.1) is 11.3 Å². The number of carbonyl (C=O) groups is 2. The van der Waals surface area contributed by atoms with Crippen LogP contribution >= 0.6 is 11.3 Å². The van der Waals surface area contributed by atoms with Gasteiger partial charge in [0.2, 0.25) is 5.91 Å². The minimum Gasteiger partial charge on any atom is -0.342 e. The summed E-state index contributed by atoms with van der Waals surface area (Å²) in [6, 6.07) is 5.76. The van der Waals surface area contributed by atoms with Crippen LogP contribution in [0.4, 0.5) is 0 Å². The molecule has 1 aromatic heterocycles. The van der Waals surface area contributed by atoms with Gasteiger partial charge >= 0.3 is 0 Å². The molecule has 2 aliphatic heterocycles. The van der Waals surface area contributed by atoms with Crippen molar-refractivity contribution in [2.75, 3.05) is 26.2 Å². The zero-order chi connectivity index (χ0) is 18.6. The predicted octanol–water partition coefficient (Wildman–Crippen LogP) is 3.47. The number of nitrogens with zero attached hydrogens (tertiary/aromatic N) is 3. The third-order valence-electron chi connectivity index (χ3n) is 6.38. The first-order chi connectivity index (χ1) is 13.0. The van der Waals surface area contributed by atoms with E-state index in [4.69, 9.17) is 0 Å². The van der Waals surface area contributed by atoms with Crippen LogP contribution in [0.25, 0.3) is 10.2 Å². The van der Waals surface area contributed by atoms with Crippen molar-refractivity contribution in [1.29, 1.82) is 0 Å². The van der Waals surface area contributed by atoms with Crippen LogP contribution in [0.2, 0.25) is 0 Å². The van der Waals surface area contributed by atoms with Gasteiger partial charge in [-0.05, 0) is 63.1 Å². The number of thiazole rings is 1. The first-order valence-corrected chi connectivity index (χ1v) is 10.8. The number of aromatic nitrogens is 1. The van der Waals surface area contributed by atoms with E-state index in [1.807, 2.05) is 30.0 Å². The van der Waals surface area contributed by atoms with Gasteiger partial charge in [0.05, 0.1) is 20.6 Å². The molecule has 0 radical (unpaired) electrons. The van der Waals surface area contributed by atoms with Crippen molar-refractivity contribution in [3.8, 4) is 0 Å². The standard InChI is InChI=1S/C21H25N3O2S/c1-14-22-17-6-5-16(11-18(17)27-14)19(25)24-10-8-21(13-24)7-2-9-23(20(21)26)12-15-3-4-15/h5-6,11,15H,2-4,7-10,12-13H2,1H3/t21-/m1/s1. The van der Waals surface area contributed by atoms with Crippen LogP contribution < -0.4 is 0 Å². The van der Waals surface area contributed by atoms with Crippen LogP contribution in [0, 0.1) is 18.3 Å². The fourth-order valence-corrected chi connectivity index (χ4v) is 5.58. The Bertz CT molecular complexity index is 919. The normalized spacial score (nSPS) is 25.7. The molecule has 0 unspecified atom stereocenters. The Kier molecular flexibility index (Phi) is 4.00. The third kappa shape index (κ3) is 3.04. The largest absolute Gasteiger partial charge is 0.342 e. The highest BCUT2D eigenvalue weighted by molar-refractivity contribution is 7.18. The van der Waals surface area contributed by atoms with Crippen LogP contribution in [0.5, 0.6) is 0 Å². The molecule has 1 atom stereocenters. The van der Waals surface area contributed by atoms with Crippen LogP contribution in [0.3, 0.4) is 0 Å². The molecule has 3 heterocycles. The molecule has 2 aromatic rings. The number of piperidine rings is 1. The maximum atomic E-state index is 13.2. The zero-order valence-corrected chi connectivity index (χ0v) is 16.6. The monoisotopic (exact) mass is 383 g/mol. The molecule has 5 nitrogen and oxygen atoms in total. The average Bonchev–Trinajstić information content (AvgIpc) is 3.24. The van der Waals surface area contributed by atoms with Crippen molar-refractivity contribution in [1.82, 2.24) is 14.8 Å². The van der Waals surface area contributed by atoms with E-state index in [1.165, 1.54) is 12.8 Å². The molecule has 142 valence electrons. The minimum atomic E-state index is -0.339. The molecule has 0 bridgehead atoms. The number of benzene rings is 1. The SMILES string of the molecule is Cc1nc2ccc(C(=O)N3CC[C@]4(CCCN(CC5CC5)C4=O)C3)cc2s1. The Hall–Kier alpha value is -1.95. The van der Waals surface area contributed by atoms with Gasteiger partial charge in [-0.1, -0.05) is 0 Å². The number of likely N-dealkylation sites (tertiary alicyclic amines) is 2. The topological polar surface area (TPSA) is 53.5 Å². The first kappa shape index (κ1) is 17.2. The molecule has 1 spiro atoms. The molecule has 1 aliphatic carbocycles. The molecular formula is C21H25N3O2S. The average molecular weight is 384 g/mol. The minimum absolute atomic E-state index is 0.0481. The summed E-state index contributed by atoms with van der Waals surface area (Å²) in [5.41, 5.74) is 1.32. The summed E-state index contributed by atoms with van der Waals surface area (Å²) in [4.78, 5) is 34.7. The van der Waals surface area contributed by atoms with Crippen molar-refractivity contribution in [2.45, 2.75) is 39.0 Å². The highest BCUT2D eigenvalue weighted by Gasteiger charge is 2.50. The summed E-state index contributed by atoms with van der Waals surface area (Å²) in [6.07, 6.45) is 5.32. The van der Waals surface area contributed by atoms with Gasteiger partial charge in [-0.3, -0.25) is 9.59 Å². The Morgan fingerprint density at radius 3 is 2.96 bits per heavy atom. The number of fused-ring (bicyclic) bond motifs is 1. The lowest BCUT2D eigenvalue weighted by Crippen LogP contribution is -2.50. The van der Waals surface area contributed by atoms with Crippen molar-refractivity contribution in [2.24, 2.45) is 11.3 Å². The van der Waals surface area contributed by atoms with Gasteiger partial charge in [-0.2, -0.15) is 0 Å². The number of amides is 2. The van der Waals surface area contributed by atoms with Crippen LogP contribution in [0.1, 0.15) is 47.5 Å². The fraction of sp³-hybridized carbons (Fsp3) is 0.571. The number of hydrogen-bond donors (Lipinski definition) is 0. The summed E-state index contributed by atoms with van der Waals surface area (Å²) in [5.74, 6) is 1.06. The van der Waals surface area contributed by atoms with E-state index < -0.39 is 0 Å². The maximum Gasteiger partial charge on any atom is 0.253 e. The van der Waals surface area contributed by atoms with Gasteiger partial charge in [-0.25, -0.2) is 4.98 Å². The molecule has 6 heteroatoms. The predicted molar refractivity (Wildman–Crippen MR) is 106 cm³/mol. The molecule has 1 aromatic carbocycles. The lowest BCUT2D eigenvalue weighted by atomic mass is 9.78. The van der Waals surface area contributed by atoms with E-state index in [9.17, 15) is 9.59 Å². The van der Waals surface area contributed by atoms with E-state index in [1.54, 1.807) is 11.3 Å². The van der Waals surface area contributed by atoms with Gasteiger partial charge in [0.1, 0.15) is 0 Å². The summed E-state index contributed by atoms with van der Waals surface area (Å²) in [6.45, 7) is 5.06. The lowest BCUT2D eigenvalue weighted by Gasteiger charge is -2.39. The Morgan fingerprint density at radius 2 is 2.15 bits per heavy atom. The zero-order valence-electron chi connectivity index (χ0n) is 15.7. The molecule has 2 saturated heterocycles. The van der Waals surface area contributed by atoms with Gasteiger partial charge < -0.3 is 9.80 Å². The molecule has 3 fully saturated rings. The third-order valence-corrected chi connectivity index (χ3v) is 7.32. The summed E-state index contributed by atoms with van der Waals surface area (Å²) in [5, 5.41) is 1.01. The van der Waals surface area contributed by atoms with Crippen molar-refractivity contribution >= 4 is 33.4 Å². The number of hydrogen-bond acceptors (Lipinski definition) is 4. The quantitative estimate of drug-likeness (QED) is 0.815. The highest BCUT2D eigenvalue weighted by atomic mass is 32.1. The number of carbonyl (C=O) groups excluding carboxylic acids is 2. The van der Waals surface area contributed by atoms with Crippen molar-refractivity contribution in [3.63, 3.8) is 0 Å². The van der Waals surface area contributed by atoms with E-state index in [0.29, 0.717) is 24.6 Å². The van der Waals surface area contributed by atoms with Gasteiger partial charge in [0.15, 0.2) is 0 Å². The second-order valence-electron chi connectivity index (χ2n) is 8.47. The molecule has 2 amide bonds. The molecule has 0 N–H and O–H groups in total.